The molecule has 1 atom stereocenters. The van der Waals surface area contributed by atoms with Crippen molar-refractivity contribution in [3.8, 4) is 0 Å². The van der Waals surface area contributed by atoms with Crippen molar-refractivity contribution in [2.75, 3.05) is 31.1 Å². The number of benzene rings is 2. The summed E-state index contributed by atoms with van der Waals surface area (Å²) >= 11 is 6.37. The maximum atomic E-state index is 12.7. The Bertz CT molecular complexity index is 837. The SMILES string of the molecule is CN(C)CCCSc1ccc(Cl)cc1N[S+]([O-])c1cc2ccccc2o1. The van der Waals surface area contributed by atoms with Crippen molar-refractivity contribution >= 4 is 51.4 Å². The van der Waals surface area contributed by atoms with Gasteiger partial charge in [0, 0.05) is 21.4 Å². The predicted molar refractivity (Wildman–Crippen MR) is 112 cm³/mol. The third-order valence-electron chi connectivity index (χ3n) is 3.74. The van der Waals surface area contributed by atoms with Crippen molar-refractivity contribution < 1.29 is 8.97 Å². The molecule has 0 saturated carbocycles. The van der Waals surface area contributed by atoms with Crippen molar-refractivity contribution in [2.45, 2.75) is 16.4 Å². The molecule has 0 spiro atoms. The van der Waals surface area contributed by atoms with Crippen LogP contribution >= 0.6 is 23.4 Å². The molecule has 1 heterocycles. The van der Waals surface area contributed by atoms with Gasteiger partial charge in [-0.05, 0) is 57.1 Å². The molecule has 0 fully saturated rings. The van der Waals surface area contributed by atoms with Gasteiger partial charge in [-0.1, -0.05) is 29.8 Å². The van der Waals surface area contributed by atoms with Gasteiger partial charge in [0.1, 0.15) is 16.9 Å². The van der Waals surface area contributed by atoms with Crippen LogP contribution in [-0.2, 0) is 11.4 Å². The second kappa shape index (κ2) is 9.06. The summed E-state index contributed by atoms with van der Waals surface area (Å²) in [5.74, 6) is 0.978. The molecule has 7 heteroatoms. The van der Waals surface area contributed by atoms with Gasteiger partial charge in [0.25, 0.3) is 0 Å². The number of rotatable bonds is 8. The van der Waals surface area contributed by atoms with Gasteiger partial charge < -0.3 is 13.9 Å². The lowest BCUT2D eigenvalue weighted by molar-refractivity contribution is 0.410. The Morgan fingerprint density at radius 1 is 1.19 bits per heavy atom. The minimum Gasteiger partial charge on any atom is -0.585 e. The first-order valence-corrected chi connectivity index (χ1v) is 10.8. The van der Waals surface area contributed by atoms with E-state index >= 15 is 0 Å². The average molecular weight is 409 g/mol. The second-order valence-electron chi connectivity index (χ2n) is 6.12. The summed E-state index contributed by atoms with van der Waals surface area (Å²) in [4.78, 5) is 3.19. The molecular formula is C19H21ClN2O2S2. The quantitative estimate of drug-likeness (QED) is 0.313. The summed E-state index contributed by atoms with van der Waals surface area (Å²) in [5.41, 5.74) is 1.48. The lowest BCUT2D eigenvalue weighted by atomic mass is 10.3. The summed E-state index contributed by atoms with van der Waals surface area (Å²) in [6.07, 6.45) is 1.08. The first kappa shape index (κ1) is 19.5. The van der Waals surface area contributed by atoms with E-state index in [-0.39, 0.29) is 0 Å². The first-order valence-electron chi connectivity index (χ1n) is 8.27. The van der Waals surface area contributed by atoms with Gasteiger partial charge >= 0.3 is 5.09 Å². The van der Waals surface area contributed by atoms with Crippen LogP contribution in [0.2, 0.25) is 5.02 Å². The molecule has 0 aliphatic rings. The van der Waals surface area contributed by atoms with Gasteiger partial charge in [0.05, 0.1) is 5.69 Å². The van der Waals surface area contributed by atoms with Crippen molar-refractivity contribution in [3.63, 3.8) is 0 Å². The fourth-order valence-corrected chi connectivity index (χ4v) is 4.50. The second-order valence-corrected chi connectivity index (χ2v) is 8.84. The Labute approximate surface area is 166 Å². The van der Waals surface area contributed by atoms with Crippen LogP contribution in [0.4, 0.5) is 5.69 Å². The fraction of sp³-hybridized carbons (Fsp3) is 0.263. The highest BCUT2D eigenvalue weighted by Crippen LogP contribution is 2.33. The van der Waals surface area contributed by atoms with Gasteiger partial charge in [-0.25, -0.2) is 0 Å². The Hall–Kier alpha value is -1.31. The number of anilines is 1. The smallest absolute Gasteiger partial charge is 0.339 e. The van der Waals surface area contributed by atoms with E-state index < -0.39 is 11.4 Å². The standard InChI is InChI=1S/C19H21ClN2O2S2/c1-22(2)10-5-11-25-18-9-8-15(20)13-16(18)21-26(23)19-12-14-6-3-4-7-17(14)24-19/h3-4,6-9,12-13,21H,5,10-11H2,1-2H3. The van der Waals surface area contributed by atoms with Gasteiger partial charge in [-0.15, -0.1) is 11.8 Å². The van der Waals surface area contributed by atoms with Crippen LogP contribution < -0.4 is 4.72 Å². The number of fused-ring (bicyclic) bond motifs is 1. The maximum absolute atomic E-state index is 12.7. The molecule has 0 amide bonds. The van der Waals surface area contributed by atoms with Gasteiger partial charge in [0.15, 0.2) is 0 Å². The summed E-state index contributed by atoms with van der Waals surface area (Å²) in [6.45, 7) is 1.04. The summed E-state index contributed by atoms with van der Waals surface area (Å²) in [5, 5.41) is 1.93. The van der Waals surface area contributed by atoms with Crippen LogP contribution in [0, 0.1) is 0 Å². The highest BCUT2D eigenvalue weighted by molar-refractivity contribution is 7.99. The monoisotopic (exact) mass is 408 g/mol. The molecule has 26 heavy (non-hydrogen) atoms. The molecular weight excluding hydrogens is 388 g/mol. The van der Waals surface area contributed by atoms with Crippen LogP contribution in [0.25, 0.3) is 11.0 Å². The molecule has 0 radical (unpaired) electrons. The Balaban J connectivity index is 1.72. The summed E-state index contributed by atoms with van der Waals surface area (Å²) < 4.78 is 21.4. The molecule has 4 nitrogen and oxygen atoms in total. The lowest BCUT2D eigenvalue weighted by Crippen LogP contribution is -2.14. The number of furan rings is 1. The predicted octanol–water partition coefficient (Wildman–Crippen LogP) is 5.26. The Morgan fingerprint density at radius 3 is 2.77 bits per heavy atom. The molecule has 3 aromatic rings. The molecule has 3 rings (SSSR count). The molecule has 0 bridgehead atoms. The van der Waals surface area contributed by atoms with Crippen LogP contribution in [0.1, 0.15) is 6.42 Å². The highest BCUT2D eigenvalue weighted by Gasteiger charge is 2.19. The van der Waals surface area contributed by atoms with Crippen LogP contribution in [-0.4, -0.2) is 35.8 Å². The largest absolute Gasteiger partial charge is 0.585 e. The van der Waals surface area contributed by atoms with E-state index in [0.29, 0.717) is 10.1 Å². The van der Waals surface area contributed by atoms with Crippen LogP contribution in [0.15, 0.2) is 62.9 Å². The van der Waals surface area contributed by atoms with Crippen molar-refractivity contribution in [1.29, 1.82) is 0 Å². The number of nitrogens with one attached hydrogen (secondary N) is 1. The minimum atomic E-state index is -1.50. The zero-order valence-electron chi connectivity index (χ0n) is 14.7. The number of thioether (sulfide) groups is 1. The van der Waals surface area contributed by atoms with Gasteiger partial charge in [0.2, 0.25) is 0 Å². The average Bonchev–Trinajstić information content (AvgIpc) is 3.04. The zero-order valence-corrected chi connectivity index (χ0v) is 17.1. The summed E-state index contributed by atoms with van der Waals surface area (Å²) in [7, 11) is 4.13. The molecule has 0 saturated heterocycles. The molecule has 2 aromatic carbocycles. The van der Waals surface area contributed by atoms with Crippen molar-refractivity contribution in [2.24, 2.45) is 0 Å². The minimum absolute atomic E-state index is 0.398. The molecule has 1 unspecified atom stereocenters. The van der Waals surface area contributed by atoms with E-state index in [0.717, 1.165) is 40.3 Å². The van der Waals surface area contributed by atoms with Crippen LogP contribution in [0.3, 0.4) is 0 Å². The van der Waals surface area contributed by atoms with E-state index in [1.807, 2.05) is 36.4 Å². The third-order valence-corrected chi connectivity index (χ3v) is 6.10. The maximum Gasteiger partial charge on any atom is 0.339 e. The Morgan fingerprint density at radius 2 is 2.00 bits per heavy atom. The van der Waals surface area contributed by atoms with E-state index in [4.69, 9.17) is 16.0 Å². The number of nitrogens with zero attached hydrogens (tertiary/aromatic N) is 1. The van der Waals surface area contributed by atoms with E-state index in [2.05, 4.69) is 23.7 Å². The number of hydrogen-bond acceptors (Lipinski definition) is 5. The number of hydrogen-bond donors (Lipinski definition) is 1. The number of halogens is 1. The van der Waals surface area contributed by atoms with Gasteiger partial charge in [-0.2, -0.15) is 4.72 Å². The van der Waals surface area contributed by atoms with Gasteiger partial charge in [-0.3, -0.25) is 0 Å². The van der Waals surface area contributed by atoms with Crippen molar-refractivity contribution in [1.82, 2.24) is 4.90 Å². The third kappa shape index (κ3) is 5.11. The van der Waals surface area contributed by atoms with Crippen molar-refractivity contribution in [3.05, 3.63) is 53.6 Å². The molecule has 1 N–H and O–H groups in total. The molecule has 0 aliphatic carbocycles. The van der Waals surface area contributed by atoms with Crippen LogP contribution in [0.5, 0.6) is 0 Å². The van der Waals surface area contributed by atoms with E-state index in [1.54, 1.807) is 23.9 Å². The topological polar surface area (TPSA) is 51.5 Å². The van der Waals surface area contributed by atoms with E-state index in [1.165, 1.54) is 0 Å². The fourth-order valence-electron chi connectivity index (χ4n) is 2.47. The first-order chi connectivity index (χ1) is 12.5. The zero-order chi connectivity index (χ0) is 18.5. The Kier molecular flexibility index (Phi) is 6.78. The number of para-hydroxylation sites is 1. The summed E-state index contributed by atoms with van der Waals surface area (Å²) in [6, 6.07) is 15.0. The normalized spacial score (nSPS) is 12.7. The molecule has 0 aliphatic heterocycles. The highest BCUT2D eigenvalue weighted by atomic mass is 35.5. The lowest BCUT2D eigenvalue weighted by Gasteiger charge is -2.13. The molecule has 138 valence electrons. The molecule has 1 aromatic heterocycles. The van der Waals surface area contributed by atoms with E-state index in [9.17, 15) is 4.55 Å².